The second kappa shape index (κ2) is 9.98. The first-order valence-electron chi connectivity index (χ1n) is 9.63. The average molecular weight is 433 g/mol. The quantitative estimate of drug-likeness (QED) is 0.325. The van der Waals surface area contributed by atoms with Crippen molar-refractivity contribution in [3.05, 3.63) is 99.6 Å². The van der Waals surface area contributed by atoms with Crippen LogP contribution in [0.15, 0.2) is 72.8 Å². The first kappa shape index (κ1) is 22.2. The first-order chi connectivity index (χ1) is 15.4. The molecule has 2 amide bonds. The smallest absolute Gasteiger partial charge is 0.340 e. The minimum absolute atomic E-state index is 0.0714. The lowest BCUT2D eigenvalue weighted by Crippen LogP contribution is -2.19. The number of nitro groups is 1. The molecule has 0 fully saturated rings. The molecule has 0 atom stereocenters. The van der Waals surface area contributed by atoms with Crippen LogP contribution >= 0.6 is 0 Å². The standard InChI is InChI=1S/C23H19N3O6/c1-2-32-23(29)18-11-4-6-13-20(18)25-22(28)17-10-3-5-12-19(17)24-21(27)15-8-7-9-16(14-15)26(30)31/h3-14H,2H2,1H3,(H,24,27)(H,25,28). The van der Waals surface area contributed by atoms with Gasteiger partial charge in [0.2, 0.25) is 0 Å². The predicted octanol–water partition coefficient (Wildman–Crippen LogP) is 4.28. The molecule has 0 heterocycles. The number of nitrogens with one attached hydrogen (secondary N) is 2. The van der Waals surface area contributed by atoms with Gasteiger partial charge in [-0.3, -0.25) is 19.7 Å². The molecule has 0 bridgehead atoms. The maximum absolute atomic E-state index is 12.9. The molecule has 0 aromatic heterocycles. The van der Waals surface area contributed by atoms with Crippen LogP contribution in [0.25, 0.3) is 0 Å². The molecule has 0 aliphatic rings. The van der Waals surface area contributed by atoms with Crippen molar-refractivity contribution in [1.82, 2.24) is 0 Å². The summed E-state index contributed by atoms with van der Waals surface area (Å²) in [5.74, 6) is -1.74. The van der Waals surface area contributed by atoms with Crippen LogP contribution < -0.4 is 10.6 Å². The second-order valence-electron chi connectivity index (χ2n) is 6.53. The van der Waals surface area contributed by atoms with E-state index >= 15 is 0 Å². The van der Waals surface area contributed by atoms with Crippen LogP contribution in [0.5, 0.6) is 0 Å². The van der Waals surface area contributed by atoms with Gasteiger partial charge in [0.05, 0.1) is 34.0 Å². The van der Waals surface area contributed by atoms with E-state index in [2.05, 4.69) is 10.6 Å². The van der Waals surface area contributed by atoms with Crippen LogP contribution in [-0.2, 0) is 4.74 Å². The normalized spacial score (nSPS) is 10.2. The topological polar surface area (TPSA) is 128 Å². The van der Waals surface area contributed by atoms with Gasteiger partial charge in [0.25, 0.3) is 17.5 Å². The number of benzene rings is 3. The van der Waals surface area contributed by atoms with E-state index in [1.165, 1.54) is 36.4 Å². The summed E-state index contributed by atoms with van der Waals surface area (Å²) in [7, 11) is 0. The fourth-order valence-electron chi connectivity index (χ4n) is 2.91. The molecular weight excluding hydrogens is 414 g/mol. The van der Waals surface area contributed by atoms with Gasteiger partial charge in [-0.05, 0) is 37.3 Å². The molecule has 0 radical (unpaired) electrons. The third-order valence-electron chi connectivity index (χ3n) is 4.41. The first-order valence-corrected chi connectivity index (χ1v) is 9.63. The molecule has 0 saturated heterocycles. The highest BCUT2D eigenvalue weighted by atomic mass is 16.6. The Labute approximate surface area is 183 Å². The van der Waals surface area contributed by atoms with Crippen LogP contribution in [0.2, 0.25) is 0 Å². The zero-order chi connectivity index (χ0) is 23.1. The number of hydrogen-bond donors (Lipinski definition) is 2. The number of rotatable bonds is 7. The Hall–Kier alpha value is -4.53. The number of nitro benzene ring substituents is 1. The number of ether oxygens (including phenoxy) is 1. The van der Waals surface area contributed by atoms with Gasteiger partial charge in [-0.2, -0.15) is 0 Å². The van der Waals surface area contributed by atoms with E-state index in [0.29, 0.717) is 0 Å². The number of esters is 1. The van der Waals surface area contributed by atoms with Gasteiger partial charge in [0.1, 0.15) is 0 Å². The summed E-state index contributed by atoms with van der Waals surface area (Å²) in [6, 6.07) is 17.9. The molecule has 3 aromatic carbocycles. The third kappa shape index (κ3) is 5.14. The SMILES string of the molecule is CCOC(=O)c1ccccc1NC(=O)c1ccccc1NC(=O)c1cccc([N+](=O)[O-])c1. The van der Waals surface area contributed by atoms with E-state index < -0.39 is 22.7 Å². The predicted molar refractivity (Wildman–Crippen MR) is 118 cm³/mol. The molecule has 9 heteroatoms. The lowest BCUT2D eigenvalue weighted by Gasteiger charge is -2.13. The van der Waals surface area contributed by atoms with Gasteiger partial charge < -0.3 is 15.4 Å². The fourth-order valence-corrected chi connectivity index (χ4v) is 2.91. The largest absolute Gasteiger partial charge is 0.462 e. The number of carbonyl (C=O) groups excluding carboxylic acids is 3. The van der Waals surface area contributed by atoms with Gasteiger partial charge >= 0.3 is 5.97 Å². The summed E-state index contributed by atoms with van der Waals surface area (Å²) in [5, 5.41) is 16.2. The van der Waals surface area contributed by atoms with Crippen LogP contribution in [-0.4, -0.2) is 29.3 Å². The van der Waals surface area contributed by atoms with Gasteiger partial charge in [-0.15, -0.1) is 0 Å². The van der Waals surface area contributed by atoms with E-state index in [-0.39, 0.29) is 40.4 Å². The summed E-state index contributed by atoms with van der Waals surface area (Å²) in [4.78, 5) is 48.0. The van der Waals surface area contributed by atoms with Gasteiger partial charge in [0, 0.05) is 17.7 Å². The number of para-hydroxylation sites is 2. The van der Waals surface area contributed by atoms with Crippen molar-refractivity contribution < 1.29 is 24.0 Å². The maximum Gasteiger partial charge on any atom is 0.340 e. The zero-order valence-corrected chi connectivity index (χ0v) is 17.0. The van der Waals surface area contributed by atoms with Crippen molar-refractivity contribution in [1.29, 1.82) is 0 Å². The van der Waals surface area contributed by atoms with Gasteiger partial charge in [-0.1, -0.05) is 30.3 Å². The number of nitrogens with zero attached hydrogens (tertiary/aromatic N) is 1. The van der Waals surface area contributed by atoms with Crippen molar-refractivity contribution in [3.63, 3.8) is 0 Å². The summed E-state index contributed by atoms with van der Waals surface area (Å²) in [6.45, 7) is 1.87. The number of carbonyl (C=O) groups is 3. The van der Waals surface area contributed by atoms with Gasteiger partial charge in [0.15, 0.2) is 0 Å². The molecule has 2 N–H and O–H groups in total. The monoisotopic (exact) mass is 433 g/mol. The van der Waals surface area contributed by atoms with Crippen LogP contribution in [0, 0.1) is 10.1 Å². The van der Waals surface area contributed by atoms with Crippen molar-refractivity contribution in [3.8, 4) is 0 Å². The summed E-state index contributed by atoms with van der Waals surface area (Å²) in [5.41, 5.74) is 0.651. The molecule has 0 unspecified atom stereocenters. The summed E-state index contributed by atoms with van der Waals surface area (Å²) >= 11 is 0. The van der Waals surface area contributed by atoms with Crippen LogP contribution in [0.3, 0.4) is 0 Å². The van der Waals surface area contributed by atoms with E-state index in [4.69, 9.17) is 4.74 Å². The summed E-state index contributed by atoms with van der Waals surface area (Å²) < 4.78 is 5.01. The van der Waals surface area contributed by atoms with Crippen molar-refractivity contribution in [2.24, 2.45) is 0 Å². The molecule has 32 heavy (non-hydrogen) atoms. The third-order valence-corrected chi connectivity index (χ3v) is 4.41. The van der Waals surface area contributed by atoms with Crippen molar-refractivity contribution in [2.75, 3.05) is 17.2 Å². The van der Waals surface area contributed by atoms with Crippen molar-refractivity contribution >= 4 is 34.8 Å². The number of anilines is 2. The Balaban J connectivity index is 1.84. The molecule has 162 valence electrons. The lowest BCUT2D eigenvalue weighted by molar-refractivity contribution is -0.384. The number of hydrogen-bond acceptors (Lipinski definition) is 6. The highest BCUT2D eigenvalue weighted by molar-refractivity contribution is 6.14. The van der Waals surface area contributed by atoms with Crippen LogP contribution in [0.4, 0.5) is 17.1 Å². The highest BCUT2D eigenvalue weighted by Crippen LogP contribution is 2.22. The Kier molecular flexibility index (Phi) is 6.92. The average Bonchev–Trinajstić information content (AvgIpc) is 2.80. The second-order valence-corrected chi connectivity index (χ2v) is 6.53. The lowest BCUT2D eigenvalue weighted by atomic mass is 10.1. The molecule has 3 rings (SSSR count). The molecule has 0 saturated carbocycles. The van der Waals surface area contributed by atoms with E-state index in [1.807, 2.05) is 0 Å². The molecule has 0 spiro atoms. The Morgan fingerprint density at radius 1 is 0.844 bits per heavy atom. The van der Waals surface area contributed by atoms with Crippen LogP contribution in [0.1, 0.15) is 38.0 Å². The van der Waals surface area contributed by atoms with E-state index in [0.717, 1.165) is 6.07 Å². The molecule has 0 aliphatic heterocycles. The Morgan fingerprint density at radius 2 is 1.44 bits per heavy atom. The Morgan fingerprint density at radius 3 is 2.09 bits per heavy atom. The zero-order valence-electron chi connectivity index (χ0n) is 17.0. The minimum Gasteiger partial charge on any atom is -0.462 e. The molecule has 0 aliphatic carbocycles. The molecular formula is C23H19N3O6. The van der Waals surface area contributed by atoms with Gasteiger partial charge in [-0.25, -0.2) is 4.79 Å². The summed E-state index contributed by atoms with van der Waals surface area (Å²) in [6.07, 6.45) is 0. The number of amides is 2. The fraction of sp³-hybridized carbons (Fsp3) is 0.0870. The molecule has 3 aromatic rings. The van der Waals surface area contributed by atoms with Crippen molar-refractivity contribution in [2.45, 2.75) is 6.92 Å². The van der Waals surface area contributed by atoms with E-state index in [1.54, 1.807) is 37.3 Å². The molecule has 9 nitrogen and oxygen atoms in total. The Bertz CT molecular complexity index is 1190. The minimum atomic E-state index is -0.610. The number of non-ortho nitro benzene ring substituents is 1. The maximum atomic E-state index is 12.9. The van der Waals surface area contributed by atoms with E-state index in [9.17, 15) is 24.5 Å². The highest BCUT2D eigenvalue weighted by Gasteiger charge is 2.18.